The molecule has 2 aromatic carbocycles. The zero-order valence-electron chi connectivity index (χ0n) is 12.9. The van der Waals surface area contributed by atoms with Gasteiger partial charge in [0.2, 0.25) is 5.91 Å². The Morgan fingerprint density at radius 2 is 1.82 bits per heavy atom. The second-order valence-corrected chi connectivity index (χ2v) is 6.14. The monoisotopic (exact) mass is 297 g/mol. The number of hydrogen-bond donors (Lipinski definition) is 2. The van der Waals surface area contributed by atoms with E-state index in [4.69, 9.17) is 0 Å². The van der Waals surface area contributed by atoms with Gasteiger partial charge in [0.15, 0.2) is 6.29 Å². The van der Waals surface area contributed by atoms with Gasteiger partial charge in [-0.2, -0.15) is 0 Å². The van der Waals surface area contributed by atoms with Gasteiger partial charge in [0.05, 0.1) is 5.56 Å². The van der Waals surface area contributed by atoms with Crippen molar-refractivity contribution in [2.45, 2.75) is 20.8 Å². The molecule has 0 atom stereocenters. The lowest BCUT2D eigenvalue weighted by Crippen LogP contribution is -2.27. The number of hydrogen-bond acceptors (Lipinski definition) is 3. The van der Waals surface area contributed by atoms with E-state index in [9.17, 15) is 14.7 Å². The van der Waals surface area contributed by atoms with Gasteiger partial charge in [-0.05, 0) is 23.8 Å². The highest BCUT2D eigenvalue weighted by atomic mass is 16.3. The third kappa shape index (κ3) is 3.34. The van der Waals surface area contributed by atoms with Crippen LogP contribution in [0.3, 0.4) is 0 Å². The van der Waals surface area contributed by atoms with Crippen LogP contribution in [0, 0.1) is 5.41 Å². The second kappa shape index (κ2) is 6.02. The van der Waals surface area contributed by atoms with Crippen LogP contribution in [0.15, 0.2) is 42.5 Å². The van der Waals surface area contributed by atoms with Crippen molar-refractivity contribution >= 4 is 17.9 Å². The van der Waals surface area contributed by atoms with Crippen molar-refractivity contribution < 1.29 is 14.7 Å². The Kier molecular flexibility index (Phi) is 4.31. The molecule has 1 amide bonds. The number of para-hydroxylation sites is 1. The Morgan fingerprint density at radius 3 is 2.45 bits per heavy atom. The fourth-order valence-corrected chi connectivity index (χ4v) is 1.97. The number of rotatable bonds is 3. The van der Waals surface area contributed by atoms with Gasteiger partial charge in [0.1, 0.15) is 5.75 Å². The predicted molar refractivity (Wildman–Crippen MR) is 87.0 cm³/mol. The van der Waals surface area contributed by atoms with E-state index in [1.54, 1.807) is 12.1 Å². The van der Waals surface area contributed by atoms with Crippen LogP contribution in [-0.4, -0.2) is 17.3 Å². The molecule has 0 unspecified atom stereocenters. The van der Waals surface area contributed by atoms with E-state index in [-0.39, 0.29) is 17.2 Å². The first-order chi connectivity index (χ1) is 10.3. The van der Waals surface area contributed by atoms with Crippen LogP contribution in [0.5, 0.6) is 5.75 Å². The molecule has 0 saturated carbocycles. The average Bonchev–Trinajstić information content (AvgIpc) is 2.47. The van der Waals surface area contributed by atoms with Crippen LogP contribution in [0.1, 0.15) is 31.1 Å². The van der Waals surface area contributed by atoms with Gasteiger partial charge in [-0.25, -0.2) is 0 Å². The molecule has 0 bridgehead atoms. The quantitative estimate of drug-likeness (QED) is 0.845. The Hall–Kier alpha value is -2.62. The van der Waals surface area contributed by atoms with Crippen molar-refractivity contribution in [3.63, 3.8) is 0 Å². The fourth-order valence-electron chi connectivity index (χ4n) is 1.97. The summed E-state index contributed by atoms with van der Waals surface area (Å²) < 4.78 is 0. The van der Waals surface area contributed by atoms with Crippen LogP contribution in [-0.2, 0) is 4.79 Å². The van der Waals surface area contributed by atoms with Gasteiger partial charge in [-0.1, -0.05) is 45.0 Å². The summed E-state index contributed by atoms with van der Waals surface area (Å²) in [6.45, 7) is 5.53. The summed E-state index contributed by atoms with van der Waals surface area (Å²) in [5.41, 5.74) is 1.93. The lowest BCUT2D eigenvalue weighted by atomic mass is 9.94. The van der Waals surface area contributed by atoms with Gasteiger partial charge < -0.3 is 10.4 Å². The summed E-state index contributed by atoms with van der Waals surface area (Å²) in [6.07, 6.45) is 0.606. The summed E-state index contributed by atoms with van der Waals surface area (Å²) in [5.74, 6) is -0.149. The standard InChI is InChI=1S/C18H19NO3/c1-18(2,3)17(22)19-15-7-5-4-6-14(15)12-8-9-16(21)13(10-12)11-20/h4-11,21H,1-3H3,(H,19,22). The maximum Gasteiger partial charge on any atom is 0.229 e. The van der Waals surface area contributed by atoms with Crippen LogP contribution in [0.25, 0.3) is 11.1 Å². The number of phenols is 1. The molecule has 2 aromatic rings. The van der Waals surface area contributed by atoms with E-state index in [1.807, 2.05) is 45.0 Å². The van der Waals surface area contributed by atoms with Crippen molar-refractivity contribution in [3.8, 4) is 16.9 Å². The molecule has 4 heteroatoms. The minimum atomic E-state index is -0.504. The first kappa shape index (κ1) is 15.8. The van der Waals surface area contributed by atoms with Crippen LogP contribution >= 0.6 is 0 Å². The molecule has 114 valence electrons. The smallest absolute Gasteiger partial charge is 0.229 e. The largest absolute Gasteiger partial charge is 0.507 e. The summed E-state index contributed by atoms with van der Waals surface area (Å²) in [4.78, 5) is 23.2. The number of aldehydes is 1. The molecular formula is C18H19NO3. The van der Waals surface area contributed by atoms with Crippen molar-refractivity contribution in [2.75, 3.05) is 5.32 Å². The summed E-state index contributed by atoms with van der Waals surface area (Å²) in [7, 11) is 0. The molecule has 2 rings (SSSR count). The topological polar surface area (TPSA) is 66.4 Å². The summed E-state index contributed by atoms with van der Waals surface area (Å²) in [5, 5.41) is 12.5. The fraction of sp³-hybridized carbons (Fsp3) is 0.222. The number of nitrogens with one attached hydrogen (secondary N) is 1. The van der Waals surface area contributed by atoms with Gasteiger partial charge in [-0.15, -0.1) is 0 Å². The third-order valence-corrected chi connectivity index (χ3v) is 3.32. The summed E-state index contributed by atoms with van der Waals surface area (Å²) >= 11 is 0. The molecular weight excluding hydrogens is 278 g/mol. The lowest BCUT2D eigenvalue weighted by Gasteiger charge is -2.19. The molecule has 0 aliphatic rings. The number of carbonyl (C=O) groups is 2. The molecule has 22 heavy (non-hydrogen) atoms. The molecule has 0 heterocycles. The van der Waals surface area contributed by atoms with E-state index in [1.165, 1.54) is 6.07 Å². The van der Waals surface area contributed by atoms with Gasteiger partial charge >= 0.3 is 0 Å². The molecule has 4 nitrogen and oxygen atoms in total. The molecule has 0 saturated heterocycles. The normalized spacial score (nSPS) is 11.0. The number of aromatic hydroxyl groups is 1. The maximum atomic E-state index is 12.2. The highest BCUT2D eigenvalue weighted by Crippen LogP contribution is 2.31. The van der Waals surface area contributed by atoms with E-state index < -0.39 is 5.41 Å². The maximum absolute atomic E-state index is 12.2. The van der Waals surface area contributed by atoms with E-state index >= 15 is 0 Å². The Bertz CT molecular complexity index is 715. The van der Waals surface area contributed by atoms with Gasteiger partial charge in [0, 0.05) is 16.7 Å². The number of phenolic OH excluding ortho intramolecular Hbond substituents is 1. The molecule has 0 aliphatic carbocycles. The number of anilines is 1. The lowest BCUT2D eigenvalue weighted by molar-refractivity contribution is -0.123. The van der Waals surface area contributed by atoms with Gasteiger partial charge in [0.25, 0.3) is 0 Å². The third-order valence-electron chi connectivity index (χ3n) is 3.32. The minimum absolute atomic E-state index is 0.0602. The summed E-state index contributed by atoms with van der Waals surface area (Å²) in [6, 6.07) is 12.2. The first-order valence-electron chi connectivity index (χ1n) is 7.02. The predicted octanol–water partition coefficient (Wildman–Crippen LogP) is 3.86. The Morgan fingerprint density at radius 1 is 1.14 bits per heavy atom. The Labute approximate surface area is 129 Å². The van der Waals surface area contributed by atoms with Crippen molar-refractivity contribution in [2.24, 2.45) is 5.41 Å². The zero-order chi connectivity index (χ0) is 16.3. The first-order valence-corrected chi connectivity index (χ1v) is 7.02. The zero-order valence-corrected chi connectivity index (χ0v) is 12.9. The minimum Gasteiger partial charge on any atom is -0.507 e. The van der Waals surface area contributed by atoms with Crippen molar-refractivity contribution in [1.82, 2.24) is 0 Å². The van der Waals surface area contributed by atoms with Crippen molar-refractivity contribution in [3.05, 3.63) is 48.0 Å². The number of benzene rings is 2. The highest BCUT2D eigenvalue weighted by molar-refractivity contribution is 5.98. The van der Waals surface area contributed by atoms with Crippen LogP contribution in [0.2, 0.25) is 0 Å². The molecule has 0 radical (unpaired) electrons. The van der Waals surface area contributed by atoms with Crippen LogP contribution in [0.4, 0.5) is 5.69 Å². The van der Waals surface area contributed by atoms with Crippen molar-refractivity contribution in [1.29, 1.82) is 0 Å². The molecule has 2 N–H and O–H groups in total. The molecule has 0 aromatic heterocycles. The van der Waals surface area contributed by atoms with E-state index in [0.717, 1.165) is 11.1 Å². The highest BCUT2D eigenvalue weighted by Gasteiger charge is 2.22. The molecule has 0 spiro atoms. The molecule has 0 aliphatic heterocycles. The molecule has 0 fully saturated rings. The van der Waals surface area contributed by atoms with E-state index in [2.05, 4.69) is 5.32 Å². The van der Waals surface area contributed by atoms with Gasteiger partial charge in [-0.3, -0.25) is 9.59 Å². The number of carbonyl (C=O) groups excluding carboxylic acids is 2. The average molecular weight is 297 g/mol. The SMILES string of the molecule is CC(C)(C)C(=O)Nc1ccccc1-c1ccc(O)c(C=O)c1. The second-order valence-electron chi connectivity index (χ2n) is 6.14. The Balaban J connectivity index is 2.45. The van der Waals surface area contributed by atoms with Crippen LogP contribution < -0.4 is 5.32 Å². The number of amides is 1. The van der Waals surface area contributed by atoms with E-state index in [0.29, 0.717) is 12.0 Å².